The third kappa shape index (κ3) is 9.57. The molecule has 2 aromatic carbocycles. The van der Waals surface area contributed by atoms with Crippen molar-refractivity contribution in [2.45, 2.75) is 109 Å². The zero-order valence-electron chi connectivity index (χ0n) is 28.2. The maximum Gasteiger partial charge on any atom is 0.261 e. The monoisotopic (exact) mass is 639 g/mol. The highest BCUT2D eigenvalue weighted by atomic mass is 32.2. The van der Waals surface area contributed by atoms with E-state index in [-0.39, 0.29) is 40.1 Å². The van der Waals surface area contributed by atoms with Crippen molar-refractivity contribution in [2.24, 2.45) is 11.8 Å². The summed E-state index contributed by atoms with van der Waals surface area (Å²) in [6.45, 7) is 25.1. The fourth-order valence-electron chi connectivity index (χ4n) is 6.33. The van der Waals surface area contributed by atoms with Gasteiger partial charge in [0.15, 0.2) is 6.29 Å². The highest BCUT2D eigenvalue weighted by molar-refractivity contribution is 7.84. The summed E-state index contributed by atoms with van der Waals surface area (Å²) in [5.74, 6) is 0.421. The van der Waals surface area contributed by atoms with Crippen LogP contribution in [0.5, 0.6) is 0 Å². The molecule has 2 aromatic rings. The summed E-state index contributed by atoms with van der Waals surface area (Å²) >= 11 is 0. The molecule has 0 unspecified atom stereocenters. The maximum atomic E-state index is 13.4. The van der Waals surface area contributed by atoms with Crippen LogP contribution in [0.3, 0.4) is 0 Å². The van der Waals surface area contributed by atoms with Gasteiger partial charge in [-0.1, -0.05) is 101 Å². The van der Waals surface area contributed by atoms with Crippen LogP contribution in [0.2, 0.25) is 5.04 Å². The van der Waals surface area contributed by atoms with Gasteiger partial charge in [-0.25, -0.2) is 8.93 Å². The highest BCUT2D eigenvalue weighted by Gasteiger charge is 2.51. The summed E-state index contributed by atoms with van der Waals surface area (Å²) in [5.41, 5.74) is 0. The molecule has 5 atom stereocenters. The van der Waals surface area contributed by atoms with Crippen LogP contribution in [0.25, 0.3) is 0 Å². The van der Waals surface area contributed by atoms with E-state index in [1.54, 1.807) is 0 Å². The summed E-state index contributed by atoms with van der Waals surface area (Å²) < 4.78 is 35.8. The lowest BCUT2D eigenvalue weighted by atomic mass is 9.80. The average molecular weight is 640 g/mol. The Hall–Kier alpha value is -1.87. The number of allylic oxidation sites excluding steroid dienone is 1. The predicted octanol–water partition coefficient (Wildman–Crippen LogP) is 7.30. The summed E-state index contributed by atoms with van der Waals surface area (Å²) in [6.07, 6.45) is 7.68. The fourth-order valence-corrected chi connectivity index (χ4v) is 11.9. The van der Waals surface area contributed by atoms with Crippen molar-refractivity contribution in [3.63, 3.8) is 0 Å². The fraction of sp³-hybridized carbons (Fsp3) is 0.568. The first-order valence-corrected chi connectivity index (χ1v) is 19.3. The molecule has 1 fully saturated rings. The van der Waals surface area contributed by atoms with E-state index in [0.717, 1.165) is 45.3 Å². The molecular formula is C37H57NO4SSi. The Morgan fingerprint density at radius 3 is 1.98 bits per heavy atom. The average Bonchev–Trinajstić information content (AvgIpc) is 3.00. The standard InChI is InChI=1S/C37H57NO4SSi/c1-10-19-33(34(38-43(39)36(4,5)6)24-25-35-40-26-18-27-41-35)29(3)28-30(11-2)42-44(37(7,8)9,31-20-14-12-15-21-31)32-22-16-13-17-23-32/h10-17,20-23,29-30,33-35,38H,1-2,18-19,24-28H2,3-9H3/t29-,30-,33-,34-,43+/m1/s1. The van der Waals surface area contributed by atoms with E-state index in [9.17, 15) is 4.21 Å². The first kappa shape index (κ1) is 36.6. The molecule has 0 aliphatic carbocycles. The van der Waals surface area contributed by atoms with E-state index >= 15 is 0 Å². The number of ether oxygens (including phenoxy) is 2. The molecule has 44 heavy (non-hydrogen) atoms. The summed E-state index contributed by atoms with van der Waals surface area (Å²) in [5, 5.41) is 2.39. The van der Waals surface area contributed by atoms with Crippen LogP contribution in [-0.2, 0) is 24.9 Å². The van der Waals surface area contributed by atoms with Gasteiger partial charge in [-0.3, -0.25) is 0 Å². The van der Waals surface area contributed by atoms with Crippen LogP contribution in [-0.4, -0.2) is 48.9 Å². The molecule has 1 saturated heterocycles. The summed E-state index contributed by atoms with van der Waals surface area (Å²) in [6, 6.07) is 21.5. The van der Waals surface area contributed by atoms with Crippen LogP contribution in [0, 0.1) is 11.8 Å². The molecule has 0 aromatic heterocycles. The van der Waals surface area contributed by atoms with Gasteiger partial charge in [0.2, 0.25) is 0 Å². The van der Waals surface area contributed by atoms with Gasteiger partial charge in [-0.15, -0.1) is 13.2 Å². The molecule has 7 heteroatoms. The van der Waals surface area contributed by atoms with Crippen LogP contribution in [0.1, 0.15) is 80.6 Å². The first-order chi connectivity index (χ1) is 20.8. The molecule has 0 radical (unpaired) electrons. The second-order valence-electron chi connectivity index (χ2n) is 14.2. The van der Waals surface area contributed by atoms with Crippen LogP contribution in [0.15, 0.2) is 86.0 Å². The molecule has 1 aliphatic heterocycles. The van der Waals surface area contributed by atoms with Gasteiger partial charge in [0.05, 0.1) is 35.1 Å². The third-order valence-electron chi connectivity index (χ3n) is 8.72. The summed E-state index contributed by atoms with van der Waals surface area (Å²) in [4.78, 5) is 0. The van der Waals surface area contributed by atoms with Crippen molar-refractivity contribution >= 4 is 29.7 Å². The molecule has 3 rings (SSSR count). The molecule has 0 spiro atoms. The molecule has 1 aliphatic rings. The summed E-state index contributed by atoms with van der Waals surface area (Å²) in [7, 11) is -3.98. The molecule has 5 nitrogen and oxygen atoms in total. The minimum atomic E-state index is -2.76. The Kier molecular flexibility index (Phi) is 13.8. The normalized spacial score (nSPS) is 18.6. The smallest absolute Gasteiger partial charge is 0.261 e. The SMILES string of the molecule is C=CC[C@H]([C@H](C)C[C@@H](C=C)O[Si](c1ccccc1)(c1ccccc1)C(C)(C)C)[C@@H](CCC1OCCCO1)N[S@@](=O)C(C)(C)C. The number of hydrogen-bond acceptors (Lipinski definition) is 4. The van der Waals surface area contributed by atoms with Gasteiger partial charge in [0.1, 0.15) is 0 Å². The molecule has 244 valence electrons. The molecular weight excluding hydrogens is 583 g/mol. The highest BCUT2D eigenvalue weighted by Crippen LogP contribution is 2.39. The molecule has 1 N–H and O–H groups in total. The van der Waals surface area contributed by atoms with E-state index in [2.05, 4.69) is 106 Å². The predicted molar refractivity (Wildman–Crippen MR) is 189 cm³/mol. The zero-order valence-corrected chi connectivity index (χ0v) is 30.0. The van der Waals surface area contributed by atoms with Gasteiger partial charge in [0, 0.05) is 6.04 Å². The lowest BCUT2D eigenvalue weighted by molar-refractivity contribution is -0.182. The quantitative estimate of drug-likeness (QED) is 0.155. The minimum Gasteiger partial charge on any atom is -0.401 e. The number of nitrogens with one attached hydrogen (secondary N) is 1. The Morgan fingerprint density at radius 2 is 1.52 bits per heavy atom. The van der Waals surface area contributed by atoms with Gasteiger partial charge < -0.3 is 13.9 Å². The largest absolute Gasteiger partial charge is 0.401 e. The number of rotatable bonds is 16. The second kappa shape index (κ2) is 16.6. The van der Waals surface area contributed by atoms with E-state index in [1.807, 2.05) is 32.9 Å². The maximum absolute atomic E-state index is 13.4. The molecule has 0 amide bonds. The van der Waals surface area contributed by atoms with E-state index in [0.29, 0.717) is 0 Å². The second-order valence-corrected chi connectivity index (χ2v) is 20.4. The molecule has 0 bridgehead atoms. The van der Waals surface area contributed by atoms with E-state index in [4.69, 9.17) is 13.9 Å². The van der Waals surface area contributed by atoms with Crippen molar-refractivity contribution in [3.05, 3.63) is 86.0 Å². The van der Waals surface area contributed by atoms with Crippen molar-refractivity contribution in [3.8, 4) is 0 Å². The van der Waals surface area contributed by atoms with Gasteiger partial charge >= 0.3 is 0 Å². The van der Waals surface area contributed by atoms with Crippen LogP contribution >= 0.6 is 0 Å². The Morgan fingerprint density at radius 1 is 0.977 bits per heavy atom. The Labute approximate surface area is 271 Å². The van der Waals surface area contributed by atoms with Crippen molar-refractivity contribution in [1.29, 1.82) is 0 Å². The van der Waals surface area contributed by atoms with Gasteiger partial charge in [-0.2, -0.15) is 0 Å². The van der Waals surface area contributed by atoms with E-state index < -0.39 is 19.3 Å². The number of benzene rings is 2. The van der Waals surface area contributed by atoms with Crippen LogP contribution < -0.4 is 15.1 Å². The van der Waals surface area contributed by atoms with Crippen molar-refractivity contribution < 1.29 is 18.1 Å². The Balaban J connectivity index is 1.94. The molecule has 1 heterocycles. The number of hydrogen-bond donors (Lipinski definition) is 1. The van der Waals surface area contributed by atoms with Gasteiger partial charge in [-0.05, 0) is 80.1 Å². The lowest BCUT2D eigenvalue weighted by Gasteiger charge is -2.45. The topological polar surface area (TPSA) is 56.8 Å². The zero-order chi connectivity index (χ0) is 32.4. The van der Waals surface area contributed by atoms with E-state index in [1.165, 1.54) is 10.4 Å². The van der Waals surface area contributed by atoms with Crippen molar-refractivity contribution in [1.82, 2.24) is 4.72 Å². The molecule has 0 saturated carbocycles. The van der Waals surface area contributed by atoms with Crippen LogP contribution in [0.4, 0.5) is 0 Å². The van der Waals surface area contributed by atoms with Crippen molar-refractivity contribution in [2.75, 3.05) is 13.2 Å². The Bertz CT molecular complexity index is 1130. The minimum absolute atomic E-state index is 0.00415. The van der Waals surface area contributed by atoms with Gasteiger partial charge in [0.25, 0.3) is 8.32 Å². The third-order valence-corrected chi connectivity index (χ3v) is 15.4. The first-order valence-electron chi connectivity index (χ1n) is 16.3. The lowest BCUT2D eigenvalue weighted by Crippen LogP contribution is -2.67.